The van der Waals surface area contributed by atoms with Gasteiger partial charge in [0.05, 0.1) is 5.39 Å². The number of amides is 1. The largest absolute Gasteiger partial charge is 0.506 e. The molecule has 0 spiro atoms. The Bertz CT molecular complexity index is 915. The number of nitrogens with zero attached hydrogens (tertiary/aromatic N) is 2. The lowest BCUT2D eigenvalue weighted by Gasteiger charge is -2.19. The van der Waals surface area contributed by atoms with Crippen molar-refractivity contribution in [1.82, 2.24) is 14.9 Å². The molecule has 2 rings (SSSR count). The summed E-state index contributed by atoms with van der Waals surface area (Å²) in [6, 6.07) is 3.24. The monoisotopic (exact) mass is 345 g/mol. The molecule has 0 bridgehead atoms. The highest BCUT2D eigenvalue weighted by atomic mass is 16.6. The summed E-state index contributed by atoms with van der Waals surface area (Å²) in [6.07, 6.45) is 0. The molecule has 1 amide bonds. The lowest BCUT2D eigenvalue weighted by molar-refractivity contribution is -0.153. The van der Waals surface area contributed by atoms with Crippen LogP contribution in [0.5, 0.6) is 5.75 Å². The van der Waals surface area contributed by atoms with Crippen molar-refractivity contribution in [3.05, 3.63) is 28.0 Å². The Morgan fingerprint density at radius 2 is 2.00 bits per heavy atom. The van der Waals surface area contributed by atoms with Gasteiger partial charge in [0.1, 0.15) is 29.1 Å². The maximum Gasteiger partial charge on any atom is 0.325 e. The Kier molecular flexibility index (Phi) is 4.87. The number of aromatic nitrogens is 2. The van der Waals surface area contributed by atoms with Crippen LogP contribution in [0.2, 0.25) is 0 Å². The third-order valence-corrected chi connectivity index (χ3v) is 3.38. The number of aromatic hydroxyl groups is 1. The van der Waals surface area contributed by atoms with Gasteiger partial charge in [-0.3, -0.25) is 19.0 Å². The minimum Gasteiger partial charge on any atom is -0.506 e. The highest BCUT2D eigenvalue weighted by Crippen LogP contribution is 2.23. The maximum absolute atomic E-state index is 12.4. The van der Waals surface area contributed by atoms with Crippen LogP contribution in [-0.4, -0.2) is 46.5 Å². The summed E-state index contributed by atoms with van der Waals surface area (Å²) in [5, 5.41) is 12.9. The van der Waals surface area contributed by atoms with Crippen LogP contribution in [-0.2, 0) is 16.6 Å². The van der Waals surface area contributed by atoms with Gasteiger partial charge in [0.25, 0.3) is 11.5 Å². The Balaban J connectivity index is 2.35. The number of esters is 1. The first kappa shape index (κ1) is 18.5. The molecule has 0 atom stereocenters. The van der Waals surface area contributed by atoms with Gasteiger partial charge in [0.2, 0.25) is 0 Å². The number of aryl methyl sites for hydroxylation is 1. The highest BCUT2D eigenvalue weighted by Gasteiger charge is 2.23. The van der Waals surface area contributed by atoms with E-state index < -0.39 is 40.9 Å². The number of pyridine rings is 2. The number of ether oxygens (including phenoxy) is 1. The Morgan fingerprint density at radius 1 is 1.36 bits per heavy atom. The molecular weight excluding hydrogens is 325 g/mol. The third-order valence-electron chi connectivity index (χ3n) is 3.38. The van der Waals surface area contributed by atoms with E-state index in [9.17, 15) is 19.5 Å². The molecule has 132 valence electrons. The zero-order valence-electron chi connectivity index (χ0n) is 14.8. The molecule has 9 heteroatoms. The second kappa shape index (κ2) is 6.58. The zero-order chi connectivity index (χ0) is 18.9. The van der Waals surface area contributed by atoms with E-state index in [0.717, 1.165) is 0 Å². The molecule has 25 heavy (non-hydrogen) atoms. The molecular formula is C16H20BN3O5. The molecule has 2 aromatic rings. The summed E-state index contributed by atoms with van der Waals surface area (Å²) in [5.41, 5.74) is -0.892. The molecule has 0 fully saturated rings. The average molecular weight is 345 g/mol. The molecule has 0 aliphatic heterocycles. The van der Waals surface area contributed by atoms with Gasteiger partial charge in [-0.05, 0) is 38.5 Å². The molecule has 0 saturated carbocycles. The Morgan fingerprint density at radius 3 is 2.60 bits per heavy atom. The number of nitrogens with one attached hydrogen (secondary N) is 1. The second-order valence-electron chi connectivity index (χ2n) is 6.68. The predicted octanol–water partition coefficient (Wildman–Crippen LogP) is -1.03. The van der Waals surface area contributed by atoms with Gasteiger partial charge in [0.15, 0.2) is 7.85 Å². The molecule has 0 aromatic carbocycles. The van der Waals surface area contributed by atoms with Gasteiger partial charge in [-0.25, -0.2) is 4.98 Å². The molecule has 0 unspecified atom stereocenters. The smallest absolute Gasteiger partial charge is 0.325 e. The van der Waals surface area contributed by atoms with Crippen molar-refractivity contribution in [2.45, 2.75) is 26.4 Å². The summed E-state index contributed by atoms with van der Waals surface area (Å²) in [6.45, 7) is 4.69. The fourth-order valence-electron chi connectivity index (χ4n) is 2.31. The number of carbonyl (C=O) groups excluding carboxylic acids is 2. The molecule has 0 saturated heterocycles. The van der Waals surface area contributed by atoms with Gasteiger partial charge in [0, 0.05) is 7.05 Å². The zero-order valence-corrected chi connectivity index (χ0v) is 14.8. The Hall–Kier alpha value is -2.84. The van der Waals surface area contributed by atoms with E-state index in [1.54, 1.807) is 40.8 Å². The number of rotatable bonds is 3. The van der Waals surface area contributed by atoms with Crippen molar-refractivity contribution in [3.63, 3.8) is 0 Å². The summed E-state index contributed by atoms with van der Waals surface area (Å²) in [7, 11) is 3.21. The van der Waals surface area contributed by atoms with Crippen molar-refractivity contribution >= 4 is 36.3 Å². The van der Waals surface area contributed by atoms with Gasteiger partial charge >= 0.3 is 5.97 Å². The van der Waals surface area contributed by atoms with Crippen molar-refractivity contribution in [2.75, 3.05) is 6.54 Å². The van der Waals surface area contributed by atoms with E-state index in [1.807, 2.05) is 0 Å². The number of fused-ring (bicyclic) bond motifs is 1. The van der Waals surface area contributed by atoms with E-state index in [1.165, 1.54) is 11.6 Å². The summed E-state index contributed by atoms with van der Waals surface area (Å²) < 4.78 is 6.27. The van der Waals surface area contributed by atoms with Crippen LogP contribution in [0.3, 0.4) is 0 Å². The fourth-order valence-corrected chi connectivity index (χ4v) is 2.31. The lowest BCUT2D eigenvalue weighted by atomic mass is 10.0. The molecule has 8 nitrogen and oxygen atoms in total. The first-order valence-corrected chi connectivity index (χ1v) is 7.70. The van der Waals surface area contributed by atoms with Gasteiger partial charge in [-0.15, -0.1) is 0 Å². The normalized spacial score (nSPS) is 11.4. The number of carbonyl (C=O) groups is 2. The minimum atomic E-state index is -0.855. The maximum atomic E-state index is 12.4. The van der Waals surface area contributed by atoms with E-state index in [0.29, 0.717) is 5.59 Å². The lowest BCUT2D eigenvalue weighted by Crippen LogP contribution is -2.38. The molecule has 0 radical (unpaired) electrons. The van der Waals surface area contributed by atoms with Crippen molar-refractivity contribution in [2.24, 2.45) is 7.05 Å². The first-order valence-electron chi connectivity index (χ1n) is 7.70. The van der Waals surface area contributed by atoms with Crippen LogP contribution >= 0.6 is 0 Å². The number of hydrogen-bond donors (Lipinski definition) is 2. The van der Waals surface area contributed by atoms with Crippen LogP contribution in [0.1, 0.15) is 31.1 Å². The van der Waals surface area contributed by atoms with Crippen LogP contribution < -0.4 is 16.5 Å². The van der Waals surface area contributed by atoms with Gasteiger partial charge in [-0.1, -0.05) is 0 Å². The van der Waals surface area contributed by atoms with E-state index in [2.05, 4.69) is 10.3 Å². The fraction of sp³-hybridized carbons (Fsp3) is 0.375. The van der Waals surface area contributed by atoms with E-state index in [4.69, 9.17) is 4.74 Å². The van der Waals surface area contributed by atoms with E-state index in [-0.39, 0.29) is 11.0 Å². The molecule has 2 N–H and O–H groups in total. The predicted molar refractivity (Wildman–Crippen MR) is 95.0 cm³/mol. The van der Waals surface area contributed by atoms with Crippen LogP contribution in [0.4, 0.5) is 0 Å². The quantitative estimate of drug-likeness (QED) is 0.544. The van der Waals surface area contributed by atoms with Gasteiger partial charge in [-0.2, -0.15) is 0 Å². The van der Waals surface area contributed by atoms with E-state index >= 15 is 0 Å². The molecule has 0 aliphatic rings. The number of hydrogen-bond acceptors (Lipinski definition) is 6. The topological polar surface area (TPSA) is 111 Å². The van der Waals surface area contributed by atoms with Crippen molar-refractivity contribution in [3.8, 4) is 5.75 Å². The molecule has 0 aliphatic carbocycles. The standard InChI is InChI=1S/C16H20BN3O5/c1-16(2,3)25-10(21)7-18-14(23)11-12(22)8-5-6-9(17)19-13(8)20(4)15(11)24/h5-6,22H,7,17H2,1-4H3,(H,18,23). The van der Waals surface area contributed by atoms with Gasteiger partial charge < -0.3 is 15.2 Å². The highest BCUT2D eigenvalue weighted by molar-refractivity contribution is 6.31. The van der Waals surface area contributed by atoms with Crippen molar-refractivity contribution in [1.29, 1.82) is 0 Å². The summed E-state index contributed by atoms with van der Waals surface area (Å²) in [4.78, 5) is 40.6. The summed E-state index contributed by atoms with van der Waals surface area (Å²) in [5.74, 6) is -1.96. The summed E-state index contributed by atoms with van der Waals surface area (Å²) >= 11 is 0. The van der Waals surface area contributed by atoms with Crippen LogP contribution in [0.15, 0.2) is 16.9 Å². The van der Waals surface area contributed by atoms with Crippen molar-refractivity contribution < 1.29 is 19.4 Å². The SMILES string of the molecule is Bc1ccc2c(O)c(C(=O)NCC(=O)OC(C)(C)C)c(=O)n(C)c2n1. The van der Waals surface area contributed by atoms with Crippen LogP contribution in [0.25, 0.3) is 11.0 Å². The minimum absolute atomic E-state index is 0.270. The van der Waals surface area contributed by atoms with Crippen LogP contribution in [0, 0.1) is 0 Å². The third kappa shape index (κ3) is 3.99. The average Bonchev–Trinajstić information content (AvgIpc) is 2.49. The second-order valence-corrected chi connectivity index (χ2v) is 6.68. The first-order chi connectivity index (χ1) is 11.5. The Labute approximate surface area is 145 Å². The molecule has 2 aromatic heterocycles. The molecule has 2 heterocycles.